The van der Waals surface area contributed by atoms with E-state index >= 15 is 0 Å². The van der Waals surface area contributed by atoms with Crippen LogP contribution >= 0.6 is 0 Å². The summed E-state index contributed by atoms with van der Waals surface area (Å²) in [7, 11) is 1.55. The Morgan fingerprint density at radius 1 is 1.04 bits per heavy atom. The second-order valence-electron chi connectivity index (χ2n) is 5.80. The van der Waals surface area contributed by atoms with E-state index in [1.54, 1.807) is 31.4 Å². The molecule has 0 saturated heterocycles. The molecule has 0 saturated carbocycles. The van der Waals surface area contributed by atoms with Crippen LogP contribution in [0, 0.1) is 0 Å². The minimum absolute atomic E-state index is 0.0188. The summed E-state index contributed by atoms with van der Waals surface area (Å²) >= 11 is 0. The second-order valence-corrected chi connectivity index (χ2v) is 5.80. The fourth-order valence-electron chi connectivity index (χ4n) is 2.32. The third-order valence-electron chi connectivity index (χ3n) is 3.86. The Kier molecular flexibility index (Phi) is 5.34. The molecule has 28 heavy (non-hydrogen) atoms. The molecule has 9 heteroatoms. The molecule has 0 fully saturated rings. The largest absolute Gasteiger partial charge is 0.497 e. The highest BCUT2D eigenvalue weighted by molar-refractivity contribution is 5.89. The molecule has 0 radical (unpaired) electrons. The molecule has 1 heterocycles. The van der Waals surface area contributed by atoms with Gasteiger partial charge in [0.15, 0.2) is 6.10 Å². The van der Waals surface area contributed by atoms with Crippen molar-refractivity contribution in [3.8, 4) is 17.2 Å². The molecule has 2 aromatic carbocycles. The Bertz CT molecular complexity index is 951. The first-order valence-electron chi connectivity index (χ1n) is 8.14. The van der Waals surface area contributed by atoms with E-state index in [1.807, 2.05) is 0 Å². The normalized spacial score (nSPS) is 12.5. The lowest BCUT2D eigenvalue weighted by atomic mass is 10.1. The van der Waals surface area contributed by atoms with Crippen molar-refractivity contribution in [3.05, 3.63) is 65.5 Å². The summed E-state index contributed by atoms with van der Waals surface area (Å²) in [6.45, 7) is 1.52. The van der Waals surface area contributed by atoms with E-state index in [2.05, 4.69) is 10.2 Å². The van der Waals surface area contributed by atoms with Crippen molar-refractivity contribution in [3.63, 3.8) is 0 Å². The first-order valence-corrected chi connectivity index (χ1v) is 8.14. The maximum absolute atomic E-state index is 12.6. The lowest BCUT2D eigenvalue weighted by Crippen LogP contribution is -2.11. The lowest BCUT2D eigenvalue weighted by Gasteiger charge is -2.10. The minimum atomic E-state index is -4.47. The number of carbonyl (C=O) groups excluding carboxylic acids is 1. The fourth-order valence-corrected chi connectivity index (χ4v) is 2.32. The average Bonchev–Trinajstić information content (AvgIpc) is 3.18. The van der Waals surface area contributed by atoms with Gasteiger partial charge in [-0.25, -0.2) is 4.79 Å². The summed E-state index contributed by atoms with van der Waals surface area (Å²) in [6.07, 6.45) is -5.36. The van der Waals surface area contributed by atoms with Gasteiger partial charge >= 0.3 is 12.1 Å². The molecule has 3 aromatic rings. The van der Waals surface area contributed by atoms with E-state index in [4.69, 9.17) is 13.9 Å². The number of esters is 1. The summed E-state index contributed by atoms with van der Waals surface area (Å²) in [5.74, 6) is 0.161. The Labute approximate surface area is 157 Å². The summed E-state index contributed by atoms with van der Waals surface area (Å²) < 4.78 is 53.5. The zero-order valence-corrected chi connectivity index (χ0v) is 14.9. The van der Waals surface area contributed by atoms with Crippen molar-refractivity contribution in [2.24, 2.45) is 0 Å². The number of nitrogens with zero attached hydrogens (tertiary/aromatic N) is 2. The molecule has 0 bridgehead atoms. The molecule has 6 nitrogen and oxygen atoms in total. The molecule has 3 rings (SSSR count). The first kappa shape index (κ1) is 19.4. The van der Waals surface area contributed by atoms with Crippen LogP contribution in [0.3, 0.4) is 0 Å². The molecule has 1 aromatic heterocycles. The Hall–Kier alpha value is -3.36. The molecule has 0 spiro atoms. The number of ether oxygens (including phenoxy) is 2. The van der Waals surface area contributed by atoms with E-state index in [1.165, 1.54) is 6.92 Å². The van der Waals surface area contributed by atoms with E-state index in [-0.39, 0.29) is 17.3 Å². The van der Waals surface area contributed by atoms with Crippen LogP contribution in [0.15, 0.2) is 52.9 Å². The van der Waals surface area contributed by atoms with Crippen LogP contribution in [0.25, 0.3) is 11.5 Å². The van der Waals surface area contributed by atoms with Gasteiger partial charge in [0.2, 0.25) is 5.89 Å². The van der Waals surface area contributed by atoms with Crippen molar-refractivity contribution in [2.45, 2.75) is 19.2 Å². The molecule has 0 N–H and O–H groups in total. The Morgan fingerprint density at radius 3 is 2.25 bits per heavy atom. The summed E-state index contributed by atoms with van der Waals surface area (Å²) in [4.78, 5) is 12.1. The molecule has 0 aliphatic heterocycles. The zero-order valence-electron chi connectivity index (χ0n) is 14.9. The predicted octanol–water partition coefficient (Wildman–Crippen LogP) is 4.68. The number of halogens is 3. The van der Waals surface area contributed by atoms with E-state index < -0.39 is 23.8 Å². The van der Waals surface area contributed by atoms with Crippen LogP contribution in [-0.4, -0.2) is 23.3 Å². The van der Waals surface area contributed by atoms with Gasteiger partial charge in [-0.2, -0.15) is 13.2 Å². The first-order chi connectivity index (χ1) is 13.3. The summed E-state index contributed by atoms with van der Waals surface area (Å²) in [6, 6.07) is 10.7. The number of alkyl halides is 3. The number of benzene rings is 2. The number of rotatable bonds is 5. The van der Waals surface area contributed by atoms with Crippen LogP contribution in [0.1, 0.15) is 34.8 Å². The van der Waals surface area contributed by atoms with Crippen molar-refractivity contribution in [1.29, 1.82) is 0 Å². The third kappa shape index (κ3) is 4.30. The van der Waals surface area contributed by atoms with Crippen molar-refractivity contribution >= 4 is 5.97 Å². The molecule has 0 unspecified atom stereocenters. The average molecular weight is 392 g/mol. The highest BCUT2D eigenvalue weighted by Crippen LogP contribution is 2.29. The lowest BCUT2D eigenvalue weighted by molar-refractivity contribution is -0.137. The van der Waals surface area contributed by atoms with Gasteiger partial charge in [-0.1, -0.05) is 0 Å². The van der Waals surface area contributed by atoms with E-state index in [0.29, 0.717) is 11.3 Å². The van der Waals surface area contributed by atoms with Crippen LogP contribution < -0.4 is 4.74 Å². The second kappa shape index (κ2) is 7.71. The Morgan fingerprint density at radius 2 is 1.68 bits per heavy atom. The smallest absolute Gasteiger partial charge is 0.416 e. The van der Waals surface area contributed by atoms with E-state index in [0.717, 1.165) is 24.3 Å². The van der Waals surface area contributed by atoms with Gasteiger partial charge in [0, 0.05) is 5.56 Å². The minimum Gasteiger partial charge on any atom is -0.497 e. The monoisotopic (exact) mass is 392 g/mol. The third-order valence-corrected chi connectivity index (χ3v) is 3.86. The van der Waals surface area contributed by atoms with Crippen LogP contribution in [0.2, 0.25) is 0 Å². The van der Waals surface area contributed by atoms with Crippen molar-refractivity contribution in [1.82, 2.24) is 10.2 Å². The number of aromatic nitrogens is 2. The standard InChI is InChI=1S/C19H15F3N2O4/c1-11(27-18(25)13-3-7-14(8-4-13)19(20,21)22)16-23-24-17(28-16)12-5-9-15(26-2)10-6-12/h3-11H,1-2H3/t11-/m0/s1. The molecular formula is C19H15F3N2O4. The number of carbonyl (C=O) groups is 1. The van der Waals surface area contributed by atoms with Crippen molar-refractivity contribution < 1.29 is 31.9 Å². The predicted molar refractivity (Wildman–Crippen MR) is 91.6 cm³/mol. The maximum Gasteiger partial charge on any atom is 0.416 e. The van der Waals surface area contributed by atoms with E-state index in [9.17, 15) is 18.0 Å². The maximum atomic E-state index is 12.6. The fraction of sp³-hybridized carbons (Fsp3) is 0.211. The SMILES string of the molecule is COc1ccc(-c2nnc([C@H](C)OC(=O)c3ccc(C(F)(F)F)cc3)o2)cc1. The highest BCUT2D eigenvalue weighted by atomic mass is 19.4. The highest BCUT2D eigenvalue weighted by Gasteiger charge is 2.30. The number of methoxy groups -OCH3 is 1. The Balaban J connectivity index is 1.68. The van der Waals surface area contributed by atoms with Gasteiger partial charge in [0.05, 0.1) is 18.2 Å². The van der Waals surface area contributed by atoms with Crippen molar-refractivity contribution in [2.75, 3.05) is 7.11 Å². The van der Waals surface area contributed by atoms with Gasteiger partial charge in [0.1, 0.15) is 5.75 Å². The number of hydrogen-bond donors (Lipinski definition) is 0. The van der Waals surface area contributed by atoms with Gasteiger partial charge in [0.25, 0.3) is 5.89 Å². The summed E-state index contributed by atoms with van der Waals surface area (Å²) in [5, 5.41) is 7.76. The van der Waals surface area contributed by atoms with Crippen LogP contribution in [0.4, 0.5) is 13.2 Å². The molecule has 1 atom stereocenters. The van der Waals surface area contributed by atoms with Crippen LogP contribution in [-0.2, 0) is 10.9 Å². The topological polar surface area (TPSA) is 74.5 Å². The van der Waals surface area contributed by atoms with Gasteiger partial charge in [-0.05, 0) is 55.5 Å². The van der Waals surface area contributed by atoms with Gasteiger partial charge in [-0.3, -0.25) is 0 Å². The van der Waals surface area contributed by atoms with Crippen LogP contribution in [0.5, 0.6) is 5.75 Å². The number of hydrogen-bond acceptors (Lipinski definition) is 6. The quantitative estimate of drug-likeness (QED) is 0.587. The molecule has 0 amide bonds. The van der Waals surface area contributed by atoms with Gasteiger partial charge in [-0.15, -0.1) is 10.2 Å². The zero-order chi connectivity index (χ0) is 20.3. The molecule has 146 valence electrons. The molecule has 0 aliphatic carbocycles. The molecular weight excluding hydrogens is 377 g/mol. The summed E-state index contributed by atoms with van der Waals surface area (Å²) in [5.41, 5.74) is -0.214. The van der Waals surface area contributed by atoms with Gasteiger partial charge < -0.3 is 13.9 Å². The molecule has 0 aliphatic rings.